The van der Waals surface area contributed by atoms with E-state index in [0.717, 1.165) is 23.5 Å². The van der Waals surface area contributed by atoms with Crippen molar-refractivity contribution in [3.63, 3.8) is 0 Å². The van der Waals surface area contributed by atoms with Crippen molar-refractivity contribution in [2.45, 2.75) is 19.8 Å². The molecule has 0 aliphatic heterocycles. The number of aryl methyl sites for hydroxylation is 1. The molecule has 0 heterocycles. The van der Waals surface area contributed by atoms with E-state index in [1.165, 1.54) is 12.1 Å². The lowest BCUT2D eigenvalue weighted by Gasteiger charge is -2.06. The van der Waals surface area contributed by atoms with Crippen LogP contribution in [0.5, 0.6) is 11.5 Å². The third kappa shape index (κ3) is 7.29. The summed E-state index contributed by atoms with van der Waals surface area (Å²) >= 11 is 0. The fourth-order valence-electron chi connectivity index (χ4n) is 2.92. The number of halogens is 3. The molecule has 3 rings (SSSR count). The third-order valence-corrected chi connectivity index (χ3v) is 4.58. The smallest absolute Gasteiger partial charge is 0.343 e. The number of allylic oxidation sites excluding steroid dienone is 1. The van der Waals surface area contributed by atoms with Crippen LogP contribution in [0.2, 0.25) is 0 Å². The largest absolute Gasteiger partial charge is 0.494 e. The van der Waals surface area contributed by atoms with E-state index in [4.69, 9.17) is 9.47 Å². The number of carbonyl (C=O) groups excluding carboxylic acids is 1. The lowest BCUT2D eigenvalue weighted by atomic mass is 10.1. The fraction of sp³-hybridized carbons (Fsp3) is 0.148. The maximum Gasteiger partial charge on any atom is 0.343 e. The normalized spacial score (nSPS) is 10.1. The Bertz CT molecular complexity index is 1180. The van der Waals surface area contributed by atoms with Gasteiger partial charge in [0.05, 0.1) is 17.7 Å². The monoisotopic (exact) mass is 450 g/mol. The van der Waals surface area contributed by atoms with Crippen molar-refractivity contribution in [2.24, 2.45) is 0 Å². The van der Waals surface area contributed by atoms with Gasteiger partial charge in [0.1, 0.15) is 17.3 Å². The number of hydrogen-bond donors (Lipinski definition) is 0. The van der Waals surface area contributed by atoms with Crippen LogP contribution in [0, 0.1) is 17.7 Å². The van der Waals surface area contributed by atoms with Crippen molar-refractivity contribution in [3.8, 4) is 23.3 Å². The highest BCUT2D eigenvalue weighted by molar-refractivity contribution is 5.91. The summed E-state index contributed by atoms with van der Waals surface area (Å²) in [6.07, 6.45) is -0.227. The Hall–Kier alpha value is -3.98. The topological polar surface area (TPSA) is 35.5 Å². The second-order valence-electron chi connectivity index (χ2n) is 6.97. The minimum atomic E-state index is -1.71. The van der Waals surface area contributed by atoms with E-state index in [-0.39, 0.29) is 23.3 Å². The van der Waals surface area contributed by atoms with Crippen molar-refractivity contribution >= 4 is 5.97 Å². The first kappa shape index (κ1) is 23.7. The SMILES string of the molecule is CCOc1ccc(C#Cc2ccc(OC(=O)c3ccc(CCC=C(F)F)cc3)cc2F)cc1. The lowest BCUT2D eigenvalue weighted by Crippen LogP contribution is -2.08. The van der Waals surface area contributed by atoms with Gasteiger partial charge in [-0.2, -0.15) is 8.78 Å². The maximum absolute atomic E-state index is 14.4. The first-order valence-corrected chi connectivity index (χ1v) is 10.3. The molecule has 0 amide bonds. The molecule has 0 fully saturated rings. The quantitative estimate of drug-likeness (QED) is 0.232. The number of benzene rings is 3. The molecule has 0 saturated heterocycles. The Morgan fingerprint density at radius 2 is 1.64 bits per heavy atom. The average molecular weight is 450 g/mol. The van der Waals surface area contributed by atoms with Crippen LogP contribution in [0.1, 0.15) is 40.4 Å². The van der Waals surface area contributed by atoms with Crippen LogP contribution < -0.4 is 9.47 Å². The average Bonchev–Trinajstić information content (AvgIpc) is 2.80. The Morgan fingerprint density at radius 3 is 2.27 bits per heavy atom. The number of rotatable bonds is 7. The van der Waals surface area contributed by atoms with Crippen LogP contribution in [0.15, 0.2) is 78.9 Å². The maximum atomic E-state index is 14.4. The number of carbonyl (C=O) groups is 1. The van der Waals surface area contributed by atoms with Crippen LogP contribution in [0.25, 0.3) is 0 Å². The van der Waals surface area contributed by atoms with Crippen molar-refractivity contribution < 1.29 is 27.4 Å². The second-order valence-corrected chi connectivity index (χ2v) is 6.97. The van der Waals surface area contributed by atoms with Gasteiger partial charge in [-0.1, -0.05) is 24.0 Å². The molecule has 0 N–H and O–H groups in total. The van der Waals surface area contributed by atoms with E-state index in [2.05, 4.69) is 11.8 Å². The summed E-state index contributed by atoms with van der Waals surface area (Å²) < 4.78 is 49.2. The molecular formula is C27H21F3O3. The first-order chi connectivity index (χ1) is 15.9. The molecule has 0 unspecified atom stereocenters. The molecule has 0 radical (unpaired) electrons. The second kappa shape index (κ2) is 11.6. The zero-order valence-corrected chi connectivity index (χ0v) is 17.9. The van der Waals surface area contributed by atoms with Crippen molar-refractivity contribution in [1.29, 1.82) is 0 Å². The molecule has 3 nitrogen and oxygen atoms in total. The molecule has 3 aromatic carbocycles. The van der Waals surface area contributed by atoms with Gasteiger partial charge < -0.3 is 9.47 Å². The van der Waals surface area contributed by atoms with E-state index in [9.17, 15) is 18.0 Å². The van der Waals surface area contributed by atoms with Crippen LogP contribution >= 0.6 is 0 Å². The summed E-state index contributed by atoms with van der Waals surface area (Å²) in [6.45, 7) is 2.47. The summed E-state index contributed by atoms with van der Waals surface area (Å²) in [4.78, 5) is 12.3. The van der Waals surface area contributed by atoms with Crippen LogP contribution in [0.3, 0.4) is 0 Å². The standard InChI is InChI=1S/C27H21F3O3/c1-2-32-23-15-9-20(10-16-23)6-11-21-14-17-24(18-25(21)28)33-27(31)22-12-7-19(8-13-22)4-3-5-26(29)30/h5,7-10,12-18H,2-4H2,1H3. The number of esters is 1. The molecule has 6 heteroatoms. The van der Waals surface area contributed by atoms with Gasteiger partial charge in [0, 0.05) is 11.6 Å². The summed E-state index contributed by atoms with van der Waals surface area (Å²) in [7, 11) is 0. The lowest BCUT2D eigenvalue weighted by molar-refractivity contribution is 0.0734. The zero-order valence-electron chi connectivity index (χ0n) is 17.9. The minimum Gasteiger partial charge on any atom is -0.494 e. The first-order valence-electron chi connectivity index (χ1n) is 10.3. The van der Waals surface area contributed by atoms with Gasteiger partial charge >= 0.3 is 5.97 Å². The molecule has 0 aliphatic rings. The van der Waals surface area contributed by atoms with E-state index in [1.807, 2.05) is 6.92 Å². The van der Waals surface area contributed by atoms with Gasteiger partial charge in [-0.15, -0.1) is 0 Å². The molecule has 168 valence electrons. The van der Waals surface area contributed by atoms with Crippen molar-refractivity contribution in [3.05, 3.63) is 107 Å². The summed E-state index contributed by atoms with van der Waals surface area (Å²) in [5.41, 5.74) is 1.96. The van der Waals surface area contributed by atoms with Gasteiger partial charge in [0.2, 0.25) is 0 Å². The van der Waals surface area contributed by atoms with E-state index in [0.29, 0.717) is 18.6 Å². The van der Waals surface area contributed by atoms with Gasteiger partial charge in [-0.25, -0.2) is 9.18 Å². The summed E-state index contributed by atoms with van der Waals surface area (Å²) in [5.74, 6) is 5.18. The number of hydrogen-bond acceptors (Lipinski definition) is 3. The van der Waals surface area contributed by atoms with Crippen LogP contribution in [-0.4, -0.2) is 12.6 Å². The molecule has 0 spiro atoms. The Balaban J connectivity index is 1.62. The van der Waals surface area contributed by atoms with E-state index in [1.54, 1.807) is 48.5 Å². The van der Waals surface area contributed by atoms with Gasteiger partial charge in [0.15, 0.2) is 0 Å². The molecule has 33 heavy (non-hydrogen) atoms. The van der Waals surface area contributed by atoms with Gasteiger partial charge in [-0.05, 0) is 79.9 Å². The predicted octanol–water partition coefficient (Wildman–Crippen LogP) is 6.56. The van der Waals surface area contributed by atoms with Crippen LogP contribution in [-0.2, 0) is 6.42 Å². The fourth-order valence-corrected chi connectivity index (χ4v) is 2.92. The summed E-state index contributed by atoms with van der Waals surface area (Å²) in [6, 6.07) is 17.6. The zero-order chi connectivity index (χ0) is 23.6. The minimum absolute atomic E-state index is 0.0525. The molecular weight excluding hydrogens is 429 g/mol. The molecule has 0 aliphatic carbocycles. The summed E-state index contributed by atoms with van der Waals surface area (Å²) in [5, 5.41) is 0. The van der Waals surface area contributed by atoms with Crippen molar-refractivity contribution in [2.75, 3.05) is 6.61 Å². The molecule has 3 aromatic rings. The molecule has 0 saturated carbocycles. The Labute approximate surface area is 190 Å². The van der Waals surface area contributed by atoms with Gasteiger partial charge in [-0.3, -0.25) is 0 Å². The van der Waals surface area contributed by atoms with Gasteiger partial charge in [0.25, 0.3) is 6.08 Å². The van der Waals surface area contributed by atoms with E-state index < -0.39 is 17.9 Å². The molecule has 0 bridgehead atoms. The van der Waals surface area contributed by atoms with E-state index >= 15 is 0 Å². The Kier molecular flexibility index (Phi) is 8.31. The highest BCUT2D eigenvalue weighted by Gasteiger charge is 2.10. The highest BCUT2D eigenvalue weighted by Crippen LogP contribution is 2.19. The Morgan fingerprint density at radius 1 is 0.939 bits per heavy atom. The van der Waals surface area contributed by atoms with Crippen molar-refractivity contribution in [1.82, 2.24) is 0 Å². The molecule has 0 atom stereocenters. The predicted molar refractivity (Wildman–Crippen MR) is 120 cm³/mol. The molecule has 0 aromatic heterocycles. The highest BCUT2D eigenvalue weighted by atomic mass is 19.3. The number of ether oxygens (including phenoxy) is 2. The van der Waals surface area contributed by atoms with Crippen LogP contribution in [0.4, 0.5) is 13.2 Å². The third-order valence-electron chi connectivity index (χ3n) is 4.58.